The molecule has 0 fully saturated rings. The first-order valence-electron chi connectivity index (χ1n) is 13.7. The third kappa shape index (κ3) is 5.07. The second-order valence-corrected chi connectivity index (χ2v) is 11.8. The zero-order valence-electron chi connectivity index (χ0n) is 22.4. The van der Waals surface area contributed by atoms with E-state index in [0.29, 0.717) is 12.3 Å². The summed E-state index contributed by atoms with van der Waals surface area (Å²) in [6, 6.07) is 31.0. The number of unbranched alkanes of at least 4 members (excludes halogenated alkanes) is 2. The summed E-state index contributed by atoms with van der Waals surface area (Å²) >= 11 is 3.63. The smallest absolute Gasteiger partial charge is 0.223 e. The molecule has 1 aliphatic rings. The van der Waals surface area contributed by atoms with Gasteiger partial charge in [0.15, 0.2) is 0 Å². The van der Waals surface area contributed by atoms with Crippen molar-refractivity contribution in [2.75, 3.05) is 20.6 Å². The molecule has 39 heavy (non-hydrogen) atoms. The Kier molecular flexibility index (Phi) is 7.15. The van der Waals surface area contributed by atoms with E-state index in [2.05, 4.69) is 77.4 Å². The maximum Gasteiger partial charge on any atom is 0.223 e. The predicted molar refractivity (Wildman–Crippen MR) is 163 cm³/mol. The molecule has 2 heterocycles. The van der Waals surface area contributed by atoms with Crippen molar-refractivity contribution in [3.8, 4) is 11.6 Å². The van der Waals surface area contributed by atoms with Crippen LogP contribution in [0.15, 0.2) is 95.5 Å². The lowest BCUT2D eigenvalue weighted by molar-refractivity contribution is 0.00626. The quantitative estimate of drug-likeness (QED) is 0.196. The fourth-order valence-electron chi connectivity index (χ4n) is 5.96. The van der Waals surface area contributed by atoms with E-state index in [9.17, 15) is 5.11 Å². The van der Waals surface area contributed by atoms with E-state index in [-0.39, 0.29) is 5.92 Å². The van der Waals surface area contributed by atoms with E-state index < -0.39 is 5.60 Å². The van der Waals surface area contributed by atoms with Crippen LogP contribution in [0.2, 0.25) is 0 Å². The van der Waals surface area contributed by atoms with Crippen LogP contribution < -0.4 is 4.74 Å². The zero-order valence-corrected chi connectivity index (χ0v) is 24.0. The Balaban J connectivity index is 1.59. The van der Waals surface area contributed by atoms with Gasteiger partial charge in [0.1, 0.15) is 11.4 Å². The summed E-state index contributed by atoms with van der Waals surface area (Å²) in [5.41, 5.74) is 2.54. The van der Waals surface area contributed by atoms with Gasteiger partial charge in [-0.1, -0.05) is 83.4 Å². The lowest BCUT2D eigenvalue weighted by Gasteiger charge is -2.40. The number of fused-ring (bicyclic) bond motifs is 6. The number of halogens is 1. The van der Waals surface area contributed by atoms with Crippen molar-refractivity contribution in [2.45, 2.75) is 37.2 Å². The second kappa shape index (κ2) is 10.7. The van der Waals surface area contributed by atoms with Crippen molar-refractivity contribution in [1.82, 2.24) is 9.88 Å². The fraction of sp³-hybridized carbons (Fsp3) is 0.265. The van der Waals surface area contributed by atoms with Crippen molar-refractivity contribution >= 4 is 37.6 Å². The number of benzene rings is 4. The molecule has 6 rings (SSSR count). The number of nitrogens with zero attached hydrogens (tertiary/aromatic N) is 2. The van der Waals surface area contributed by atoms with Crippen LogP contribution in [-0.4, -0.2) is 35.6 Å². The monoisotopic (exact) mass is 580 g/mol. The molecule has 2 unspecified atom stereocenters. The molecule has 0 saturated carbocycles. The summed E-state index contributed by atoms with van der Waals surface area (Å²) in [4.78, 5) is 7.25. The maximum absolute atomic E-state index is 13.0. The average Bonchev–Trinajstić information content (AvgIpc) is 2.93. The van der Waals surface area contributed by atoms with Crippen LogP contribution in [-0.2, 0) is 5.60 Å². The number of aliphatic hydroxyl groups is 1. The molecule has 2 bridgehead atoms. The Labute approximate surface area is 238 Å². The van der Waals surface area contributed by atoms with Gasteiger partial charge in [0.25, 0.3) is 0 Å². The van der Waals surface area contributed by atoms with Crippen LogP contribution in [0.5, 0.6) is 11.6 Å². The molecule has 1 aromatic heterocycles. The highest BCUT2D eigenvalue weighted by Gasteiger charge is 2.43. The van der Waals surface area contributed by atoms with Crippen LogP contribution in [0.25, 0.3) is 21.7 Å². The molecule has 5 aromatic rings. The van der Waals surface area contributed by atoms with E-state index in [1.165, 1.54) is 0 Å². The van der Waals surface area contributed by atoms with Crippen LogP contribution in [0, 0.1) is 0 Å². The van der Waals surface area contributed by atoms with Crippen molar-refractivity contribution < 1.29 is 9.84 Å². The largest absolute Gasteiger partial charge is 0.438 e. The molecule has 1 aliphatic heterocycles. The van der Waals surface area contributed by atoms with Gasteiger partial charge in [0.05, 0.1) is 5.52 Å². The van der Waals surface area contributed by atoms with Gasteiger partial charge in [0.2, 0.25) is 5.88 Å². The minimum atomic E-state index is -1.15. The Bertz CT molecular complexity index is 1640. The van der Waals surface area contributed by atoms with Gasteiger partial charge in [-0.15, -0.1) is 0 Å². The number of aromatic nitrogens is 1. The third-order valence-corrected chi connectivity index (χ3v) is 8.38. The average molecular weight is 582 g/mol. The van der Waals surface area contributed by atoms with Gasteiger partial charge >= 0.3 is 0 Å². The van der Waals surface area contributed by atoms with Gasteiger partial charge in [0, 0.05) is 26.7 Å². The Morgan fingerprint density at radius 3 is 2.49 bits per heavy atom. The molecule has 4 aromatic carbocycles. The normalized spacial score (nSPS) is 18.5. The molecule has 2 atom stereocenters. The molecule has 198 valence electrons. The topological polar surface area (TPSA) is 45.6 Å². The molecule has 4 nitrogen and oxygen atoms in total. The lowest BCUT2D eigenvalue weighted by atomic mass is 9.70. The summed E-state index contributed by atoms with van der Waals surface area (Å²) in [6.07, 6.45) is 3.70. The van der Waals surface area contributed by atoms with Gasteiger partial charge in [-0.2, -0.15) is 0 Å². The first kappa shape index (κ1) is 26.0. The number of pyridine rings is 1. The van der Waals surface area contributed by atoms with E-state index in [1.54, 1.807) is 0 Å². The third-order valence-electron chi connectivity index (χ3n) is 7.88. The summed E-state index contributed by atoms with van der Waals surface area (Å²) < 4.78 is 7.66. The highest BCUT2D eigenvalue weighted by Crippen LogP contribution is 2.52. The highest BCUT2D eigenvalue weighted by atomic mass is 79.9. The van der Waals surface area contributed by atoms with Gasteiger partial charge in [-0.25, -0.2) is 4.98 Å². The first-order valence-corrected chi connectivity index (χ1v) is 14.4. The molecule has 0 aliphatic carbocycles. The van der Waals surface area contributed by atoms with Gasteiger partial charge in [-0.05, 0) is 86.4 Å². The van der Waals surface area contributed by atoms with Gasteiger partial charge in [-0.3, -0.25) is 0 Å². The van der Waals surface area contributed by atoms with E-state index in [1.807, 2.05) is 48.5 Å². The molecule has 5 heteroatoms. The van der Waals surface area contributed by atoms with Crippen LogP contribution >= 0.6 is 15.9 Å². The molecular weight excluding hydrogens is 548 g/mol. The highest BCUT2D eigenvalue weighted by molar-refractivity contribution is 9.10. The SMILES string of the molecule is CN(C)CCCCCC1(O)c2cc(c3ccccc3c2)Oc2nc3ccc(Br)cc3cc2C1c1ccccc1. The van der Waals surface area contributed by atoms with Gasteiger partial charge < -0.3 is 14.7 Å². The summed E-state index contributed by atoms with van der Waals surface area (Å²) in [6.45, 7) is 1.04. The first-order chi connectivity index (χ1) is 18.9. The number of rotatable bonds is 7. The number of hydrogen-bond acceptors (Lipinski definition) is 4. The standard InChI is InChI=1S/C34H33BrN2O2/c1-37(2)18-10-4-9-17-34(38)26-19-24-13-7-8-14-28(24)31(22-26)39-33-29(32(34)23-11-5-3-6-12-23)21-25-20-27(35)15-16-30(25)36-33/h3,5-8,11-16,19-22,32,38H,4,9-10,17-18H2,1-2H3. The summed E-state index contributed by atoms with van der Waals surface area (Å²) in [5.74, 6) is 0.922. The fourth-order valence-corrected chi connectivity index (χ4v) is 6.34. The molecule has 0 spiro atoms. The summed E-state index contributed by atoms with van der Waals surface area (Å²) in [5, 5.41) is 16.1. The van der Waals surface area contributed by atoms with Crippen molar-refractivity contribution in [3.05, 3.63) is 112 Å². The minimum absolute atomic E-state index is 0.354. The van der Waals surface area contributed by atoms with Crippen LogP contribution in [0.3, 0.4) is 0 Å². The van der Waals surface area contributed by atoms with Crippen molar-refractivity contribution in [3.63, 3.8) is 0 Å². The van der Waals surface area contributed by atoms with Crippen LogP contribution in [0.1, 0.15) is 48.3 Å². The van der Waals surface area contributed by atoms with E-state index in [0.717, 1.165) is 74.4 Å². The number of ether oxygens (including phenoxy) is 1. The van der Waals surface area contributed by atoms with Crippen molar-refractivity contribution in [2.24, 2.45) is 0 Å². The van der Waals surface area contributed by atoms with Crippen LogP contribution in [0.4, 0.5) is 0 Å². The second-order valence-electron chi connectivity index (χ2n) is 10.9. The van der Waals surface area contributed by atoms with Crippen molar-refractivity contribution in [1.29, 1.82) is 0 Å². The number of hydrogen-bond donors (Lipinski definition) is 1. The molecule has 0 saturated heterocycles. The minimum Gasteiger partial charge on any atom is -0.438 e. The molecule has 1 N–H and O–H groups in total. The van der Waals surface area contributed by atoms with E-state index >= 15 is 0 Å². The summed E-state index contributed by atoms with van der Waals surface area (Å²) in [7, 11) is 4.22. The Morgan fingerprint density at radius 2 is 1.67 bits per heavy atom. The Hall–Kier alpha value is -3.25. The predicted octanol–water partition coefficient (Wildman–Crippen LogP) is 8.40. The molecule has 0 amide bonds. The lowest BCUT2D eigenvalue weighted by Crippen LogP contribution is -2.35. The maximum atomic E-state index is 13.0. The Morgan fingerprint density at radius 1 is 0.872 bits per heavy atom. The van der Waals surface area contributed by atoms with E-state index in [4.69, 9.17) is 9.72 Å². The molecule has 0 radical (unpaired) electrons. The molecular formula is C34H33BrN2O2. The zero-order chi connectivity index (χ0) is 27.0.